The Morgan fingerprint density at radius 3 is 2.95 bits per heavy atom. The van der Waals surface area contributed by atoms with Crippen molar-refractivity contribution in [1.29, 1.82) is 0 Å². The summed E-state index contributed by atoms with van der Waals surface area (Å²) in [6.07, 6.45) is 6.53. The van der Waals surface area contributed by atoms with Crippen LogP contribution in [0.3, 0.4) is 0 Å². The minimum Gasteiger partial charge on any atom is -0.481 e. The first-order chi connectivity index (χ1) is 10.4. The Bertz CT molecular complexity index is 877. The lowest BCUT2D eigenvalue weighted by Gasteiger charge is -2.23. The molecule has 2 aliphatic rings. The molecule has 0 aromatic carbocycles. The number of hydrogen-bond acceptors (Lipinski definition) is 4. The minimum atomic E-state index is -3.33. The quantitative estimate of drug-likeness (QED) is 0.861. The Labute approximate surface area is 128 Å². The summed E-state index contributed by atoms with van der Waals surface area (Å²) in [7, 11) is -3.33. The second-order valence-corrected chi connectivity index (χ2v) is 7.85. The highest BCUT2D eigenvalue weighted by Gasteiger charge is 2.25. The van der Waals surface area contributed by atoms with Crippen molar-refractivity contribution in [2.75, 3.05) is 6.26 Å². The number of aromatic nitrogens is 1. The molecule has 1 aromatic rings. The molecule has 7 heteroatoms. The molecule has 1 aromatic heterocycles. The molecule has 0 amide bonds. The Kier molecular flexibility index (Phi) is 3.68. The van der Waals surface area contributed by atoms with E-state index in [1.165, 1.54) is 6.26 Å². The number of sulfone groups is 1. The van der Waals surface area contributed by atoms with Crippen LogP contribution in [0.15, 0.2) is 11.1 Å². The number of carboxylic acid groups (broad SMARTS) is 1. The zero-order valence-corrected chi connectivity index (χ0v) is 13.1. The van der Waals surface area contributed by atoms with Crippen LogP contribution in [-0.2, 0) is 21.2 Å². The molecule has 0 bridgehead atoms. The Morgan fingerprint density at radius 1 is 1.50 bits per heavy atom. The van der Waals surface area contributed by atoms with E-state index in [1.54, 1.807) is 12.4 Å². The van der Waals surface area contributed by atoms with Gasteiger partial charge in [-0.1, -0.05) is 0 Å². The van der Waals surface area contributed by atoms with E-state index in [0.29, 0.717) is 10.1 Å². The molecule has 3 heterocycles. The van der Waals surface area contributed by atoms with Gasteiger partial charge in [-0.05, 0) is 18.9 Å². The van der Waals surface area contributed by atoms with Crippen LogP contribution in [0.5, 0.6) is 0 Å². The fraction of sp³-hybridized carbons (Fsp3) is 0.467. The molecule has 6 nitrogen and oxygen atoms in total. The standard InChI is InChI=1S/C15H18N2O4S/c1-22(20,21)14-4-5-16-9-13-11(14)8-12-10(7-15(18)19)3-2-6-17(12)13/h5,8-10H,2-4,6-7H2,1H3,(H,18,19). The van der Waals surface area contributed by atoms with Crippen molar-refractivity contribution in [1.82, 2.24) is 4.57 Å². The van der Waals surface area contributed by atoms with Gasteiger partial charge in [0, 0.05) is 42.3 Å². The summed E-state index contributed by atoms with van der Waals surface area (Å²) < 4.78 is 26.1. The van der Waals surface area contributed by atoms with Gasteiger partial charge in [-0.25, -0.2) is 8.42 Å². The third kappa shape index (κ3) is 2.61. The van der Waals surface area contributed by atoms with E-state index in [9.17, 15) is 13.2 Å². The normalized spacial score (nSPS) is 20.8. The van der Waals surface area contributed by atoms with Crippen LogP contribution >= 0.6 is 0 Å². The molecular weight excluding hydrogens is 304 g/mol. The highest BCUT2D eigenvalue weighted by molar-refractivity contribution is 7.99. The van der Waals surface area contributed by atoms with Crippen molar-refractivity contribution in [2.24, 2.45) is 4.99 Å². The van der Waals surface area contributed by atoms with Gasteiger partial charge in [0.1, 0.15) is 0 Å². The van der Waals surface area contributed by atoms with Crippen molar-refractivity contribution in [3.8, 4) is 0 Å². The SMILES string of the molecule is CS(=O)(=O)C1=c2cc3n(c2=CN=CC1)CCCC3CC(=O)O. The second-order valence-electron chi connectivity index (χ2n) is 5.82. The molecule has 0 aliphatic carbocycles. The zero-order chi connectivity index (χ0) is 15.9. The molecule has 1 N–H and O–H groups in total. The maximum atomic E-state index is 12.1. The summed E-state index contributed by atoms with van der Waals surface area (Å²) in [5.41, 5.74) is 0.910. The Hall–Kier alpha value is -1.89. The van der Waals surface area contributed by atoms with Gasteiger partial charge in [0.2, 0.25) is 0 Å². The maximum Gasteiger partial charge on any atom is 0.304 e. The molecule has 1 atom stereocenters. The predicted octanol–water partition coefficient (Wildman–Crippen LogP) is 0.205. The van der Waals surface area contributed by atoms with Crippen molar-refractivity contribution in [3.05, 3.63) is 22.3 Å². The lowest BCUT2D eigenvalue weighted by atomic mass is 9.93. The molecule has 0 saturated carbocycles. The van der Waals surface area contributed by atoms with Gasteiger partial charge in [0.25, 0.3) is 0 Å². The molecule has 1 unspecified atom stereocenters. The van der Waals surface area contributed by atoms with E-state index in [0.717, 1.165) is 30.4 Å². The smallest absolute Gasteiger partial charge is 0.304 e. The number of fused-ring (bicyclic) bond motifs is 3. The second kappa shape index (κ2) is 5.39. The lowest BCUT2D eigenvalue weighted by molar-refractivity contribution is -0.137. The first-order valence-electron chi connectivity index (χ1n) is 7.24. The highest BCUT2D eigenvalue weighted by atomic mass is 32.2. The average molecular weight is 322 g/mol. The average Bonchev–Trinajstić information content (AvgIpc) is 2.63. The number of rotatable bonds is 3. The molecule has 0 fully saturated rings. The number of aliphatic carboxylic acids is 1. The van der Waals surface area contributed by atoms with Gasteiger partial charge in [0.05, 0.1) is 22.9 Å². The summed E-state index contributed by atoms with van der Waals surface area (Å²) in [6, 6.07) is 1.85. The third-order valence-electron chi connectivity index (χ3n) is 4.27. The summed E-state index contributed by atoms with van der Waals surface area (Å²) in [6.45, 7) is 0.768. The first-order valence-corrected chi connectivity index (χ1v) is 9.13. The van der Waals surface area contributed by atoms with E-state index in [1.807, 2.05) is 10.6 Å². The number of aliphatic imine (C=N–C) groups is 1. The molecule has 3 rings (SSSR count). The molecular formula is C15H18N2O4S. The largest absolute Gasteiger partial charge is 0.481 e. The van der Waals surface area contributed by atoms with Crippen molar-refractivity contribution < 1.29 is 18.3 Å². The summed E-state index contributed by atoms with van der Waals surface area (Å²) in [4.78, 5) is 15.6. The fourth-order valence-electron chi connectivity index (χ4n) is 3.32. The monoisotopic (exact) mass is 322 g/mol. The van der Waals surface area contributed by atoms with Crippen LogP contribution in [0.1, 0.15) is 37.3 Å². The number of hydrogen-bond donors (Lipinski definition) is 1. The van der Waals surface area contributed by atoms with Crippen LogP contribution in [-0.4, -0.2) is 36.5 Å². The van der Waals surface area contributed by atoms with Crippen LogP contribution in [0.2, 0.25) is 0 Å². The lowest BCUT2D eigenvalue weighted by Crippen LogP contribution is -2.33. The van der Waals surface area contributed by atoms with Crippen LogP contribution in [0, 0.1) is 0 Å². The van der Waals surface area contributed by atoms with Crippen molar-refractivity contribution in [3.63, 3.8) is 0 Å². The highest BCUT2D eigenvalue weighted by Crippen LogP contribution is 2.28. The summed E-state index contributed by atoms with van der Waals surface area (Å²) in [5, 5.41) is 10.5. The van der Waals surface area contributed by atoms with E-state index < -0.39 is 15.8 Å². The predicted molar refractivity (Wildman–Crippen MR) is 83.7 cm³/mol. The van der Waals surface area contributed by atoms with Gasteiger partial charge in [-0.2, -0.15) is 0 Å². The third-order valence-corrected chi connectivity index (χ3v) is 5.55. The zero-order valence-electron chi connectivity index (χ0n) is 12.3. The molecule has 118 valence electrons. The van der Waals surface area contributed by atoms with E-state index in [4.69, 9.17) is 5.11 Å². The number of carbonyl (C=O) groups is 1. The molecule has 22 heavy (non-hydrogen) atoms. The van der Waals surface area contributed by atoms with Gasteiger partial charge >= 0.3 is 5.97 Å². The molecule has 0 saturated heterocycles. The van der Waals surface area contributed by atoms with Gasteiger partial charge in [-0.3, -0.25) is 9.79 Å². The Morgan fingerprint density at radius 2 is 2.27 bits per heavy atom. The first kappa shape index (κ1) is 15.0. The number of nitrogens with zero attached hydrogens (tertiary/aromatic N) is 2. The van der Waals surface area contributed by atoms with E-state index in [2.05, 4.69) is 4.99 Å². The summed E-state index contributed by atoms with van der Waals surface area (Å²) >= 11 is 0. The molecule has 0 radical (unpaired) electrons. The van der Waals surface area contributed by atoms with Crippen molar-refractivity contribution in [2.45, 2.75) is 38.1 Å². The van der Waals surface area contributed by atoms with Crippen LogP contribution in [0.25, 0.3) is 11.1 Å². The van der Waals surface area contributed by atoms with E-state index in [-0.39, 0.29) is 18.8 Å². The van der Waals surface area contributed by atoms with Gasteiger partial charge in [0.15, 0.2) is 9.84 Å². The summed E-state index contributed by atoms with van der Waals surface area (Å²) in [5.74, 6) is -0.902. The van der Waals surface area contributed by atoms with E-state index >= 15 is 0 Å². The van der Waals surface area contributed by atoms with Crippen LogP contribution in [0.4, 0.5) is 0 Å². The van der Waals surface area contributed by atoms with Crippen LogP contribution < -0.4 is 10.6 Å². The number of carboxylic acids is 1. The topological polar surface area (TPSA) is 88.7 Å². The van der Waals surface area contributed by atoms with Crippen molar-refractivity contribution >= 4 is 33.1 Å². The molecule has 2 aliphatic heterocycles. The van der Waals surface area contributed by atoms with Gasteiger partial charge < -0.3 is 9.67 Å². The minimum absolute atomic E-state index is 0.0698. The Balaban J connectivity index is 2.30. The maximum absolute atomic E-state index is 12.1. The molecule has 0 spiro atoms. The fourth-order valence-corrected chi connectivity index (χ4v) is 4.26. The van der Waals surface area contributed by atoms with Gasteiger partial charge in [-0.15, -0.1) is 0 Å².